The van der Waals surface area contributed by atoms with Crippen LogP contribution >= 0.6 is 0 Å². The van der Waals surface area contributed by atoms with Crippen LogP contribution in [0.25, 0.3) is 6.08 Å². The number of likely N-dealkylation sites (N-methyl/N-ethyl adjacent to an activating group) is 1. The Morgan fingerprint density at radius 3 is 2.41 bits per heavy atom. The summed E-state index contributed by atoms with van der Waals surface area (Å²) in [7, 11) is 1.84. The summed E-state index contributed by atoms with van der Waals surface area (Å²) in [4.78, 5) is 10.8. The first-order valence-electron chi connectivity index (χ1n) is 7.82. The molecular formula is C18H30FNO2. The fourth-order valence-electron chi connectivity index (χ4n) is 1.49. The Morgan fingerprint density at radius 2 is 1.91 bits per heavy atom. The summed E-state index contributed by atoms with van der Waals surface area (Å²) < 4.78 is 19.1. The van der Waals surface area contributed by atoms with Crippen LogP contribution < -0.4 is 10.1 Å². The molecule has 1 aromatic carbocycles. The molecule has 1 rings (SSSR count). The maximum Gasteiger partial charge on any atom is 0.152 e. The van der Waals surface area contributed by atoms with Gasteiger partial charge in [-0.2, -0.15) is 0 Å². The van der Waals surface area contributed by atoms with Crippen molar-refractivity contribution in [2.45, 2.75) is 47.6 Å². The van der Waals surface area contributed by atoms with Crippen molar-refractivity contribution in [3.63, 3.8) is 0 Å². The average Bonchev–Trinajstić information content (AvgIpc) is 2.52. The van der Waals surface area contributed by atoms with Gasteiger partial charge in [0.2, 0.25) is 0 Å². The second-order valence-electron chi connectivity index (χ2n) is 4.11. The van der Waals surface area contributed by atoms with Gasteiger partial charge >= 0.3 is 0 Å². The van der Waals surface area contributed by atoms with Gasteiger partial charge in [0.15, 0.2) is 5.78 Å². The van der Waals surface area contributed by atoms with Crippen LogP contribution in [0.4, 0.5) is 4.39 Å². The van der Waals surface area contributed by atoms with Crippen molar-refractivity contribution in [1.82, 2.24) is 5.32 Å². The van der Waals surface area contributed by atoms with E-state index in [4.69, 9.17) is 4.74 Å². The number of carbonyl (C=O) groups excluding carboxylic acids is 1. The number of hydrogen-bond acceptors (Lipinski definition) is 3. The summed E-state index contributed by atoms with van der Waals surface area (Å²) in [5, 5.41) is 3.00. The molecule has 0 radical (unpaired) electrons. The Bertz CT molecular complexity index is 445. The quantitative estimate of drug-likeness (QED) is 0.788. The number of nitrogens with one attached hydrogen (secondary N) is 1. The number of ketones is 1. The lowest BCUT2D eigenvalue weighted by atomic mass is 10.1. The Balaban J connectivity index is 0. The molecule has 0 saturated carbocycles. The van der Waals surface area contributed by atoms with Gasteiger partial charge in [0.25, 0.3) is 0 Å². The number of allylic oxidation sites excluding steroid dienone is 1. The first-order chi connectivity index (χ1) is 10.5. The van der Waals surface area contributed by atoms with E-state index in [1.165, 1.54) is 25.1 Å². The molecule has 1 aromatic rings. The van der Waals surface area contributed by atoms with Crippen LogP contribution in [0.1, 0.15) is 47.1 Å². The third-order valence-corrected chi connectivity index (χ3v) is 2.29. The van der Waals surface area contributed by atoms with Gasteiger partial charge in [0.1, 0.15) is 17.7 Å². The molecule has 0 aliphatic carbocycles. The summed E-state index contributed by atoms with van der Waals surface area (Å²) in [5.41, 5.74) is 0.347. The predicted molar refractivity (Wildman–Crippen MR) is 92.8 cm³/mol. The molecule has 126 valence electrons. The lowest BCUT2D eigenvalue weighted by molar-refractivity contribution is -0.112. The van der Waals surface area contributed by atoms with Crippen LogP contribution in [0.3, 0.4) is 0 Å². The number of carbonyl (C=O) groups is 1. The molecule has 0 fully saturated rings. The Labute approximate surface area is 134 Å². The third-order valence-electron chi connectivity index (χ3n) is 2.29. The standard InChI is InChI=1S/C14H18FNO2.2C2H6/c1-10(17)4-5-12-8-13(6-7-14(12)15)18-11(2)9-16-3;2*1-2/h4-8,11,16H,9H2,1-3H3;2*1-2H3/b5-4+;;. The van der Waals surface area contributed by atoms with Crippen LogP contribution in [-0.4, -0.2) is 25.5 Å². The summed E-state index contributed by atoms with van der Waals surface area (Å²) in [6, 6.07) is 4.49. The van der Waals surface area contributed by atoms with E-state index in [1.54, 1.807) is 12.1 Å². The highest BCUT2D eigenvalue weighted by molar-refractivity contribution is 5.91. The van der Waals surface area contributed by atoms with E-state index < -0.39 is 0 Å². The first-order valence-corrected chi connectivity index (χ1v) is 7.82. The van der Waals surface area contributed by atoms with Crippen molar-refractivity contribution in [1.29, 1.82) is 0 Å². The van der Waals surface area contributed by atoms with Crippen molar-refractivity contribution in [3.05, 3.63) is 35.7 Å². The highest BCUT2D eigenvalue weighted by atomic mass is 19.1. The zero-order chi connectivity index (χ0) is 17.5. The molecule has 0 heterocycles. The molecule has 0 aliphatic heterocycles. The highest BCUT2D eigenvalue weighted by Crippen LogP contribution is 2.19. The minimum Gasteiger partial charge on any atom is -0.489 e. The van der Waals surface area contributed by atoms with Crippen molar-refractivity contribution < 1.29 is 13.9 Å². The number of rotatable bonds is 6. The molecule has 1 unspecified atom stereocenters. The Hall–Kier alpha value is -1.68. The lowest BCUT2D eigenvalue weighted by Gasteiger charge is -2.14. The maximum absolute atomic E-state index is 13.5. The molecule has 0 saturated heterocycles. The van der Waals surface area contributed by atoms with Crippen LogP contribution in [-0.2, 0) is 4.79 Å². The molecule has 4 heteroatoms. The van der Waals surface area contributed by atoms with E-state index in [2.05, 4.69) is 5.32 Å². The molecule has 0 aliphatic rings. The maximum atomic E-state index is 13.5. The number of hydrogen-bond donors (Lipinski definition) is 1. The highest BCUT2D eigenvalue weighted by Gasteiger charge is 2.05. The van der Waals surface area contributed by atoms with Gasteiger partial charge in [-0.1, -0.05) is 27.7 Å². The summed E-state index contributed by atoms with van der Waals surface area (Å²) in [6.45, 7) is 12.0. The minimum absolute atomic E-state index is 0.00917. The van der Waals surface area contributed by atoms with Gasteiger partial charge in [0.05, 0.1) is 0 Å². The van der Waals surface area contributed by atoms with E-state index in [0.29, 0.717) is 17.9 Å². The van der Waals surface area contributed by atoms with E-state index in [1.807, 2.05) is 41.7 Å². The summed E-state index contributed by atoms with van der Waals surface area (Å²) in [6.07, 6.45) is 2.78. The summed E-state index contributed by atoms with van der Waals surface area (Å²) in [5.74, 6) is 0.0905. The SMILES string of the molecule is CC.CC.CNCC(C)Oc1ccc(F)c(/C=C/C(C)=O)c1. The molecule has 0 bridgehead atoms. The van der Waals surface area contributed by atoms with Crippen LogP contribution in [0.5, 0.6) is 5.75 Å². The molecular weight excluding hydrogens is 281 g/mol. The van der Waals surface area contributed by atoms with E-state index in [9.17, 15) is 9.18 Å². The Morgan fingerprint density at radius 1 is 1.32 bits per heavy atom. The van der Waals surface area contributed by atoms with Crippen LogP contribution in [0.2, 0.25) is 0 Å². The number of benzene rings is 1. The van der Waals surface area contributed by atoms with Gasteiger partial charge in [-0.15, -0.1) is 0 Å². The number of ether oxygens (including phenoxy) is 1. The van der Waals surface area contributed by atoms with Gasteiger partial charge in [0, 0.05) is 12.1 Å². The molecule has 1 atom stereocenters. The van der Waals surface area contributed by atoms with Gasteiger partial charge in [-0.05, 0) is 51.2 Å². The zero-order valence-corrected chi connectivity index (χ0v) is 14.9. The molecule has 3 nitrogen and oxygen atoms in total. The van der Waals surface area contributed by atoms with E-state index >= 15 is 0 Å². The van der Waals surface area contributed by atoms with Crippen molar-refractivity contribution in [2.75, 3.05) is 13.6 Å². The molecule has 0 aromatic heterocycles. The van der Waals surface area contributed by atoms with Crippen molar-refractivity contribution in [2.24, 2.45) is 0 Å². The zero-order valence-electron chi connectivity index (χ0n) is 14.9. The van der Waals surface area contributed by atoms with Crippen LogP contribution in [0, 0.1) is 5.82 Å². The fourth-order valence-corrected chi connectivity index (χ4v) is 1.49. The second kappa shape index (κ2) is 14.3. The average molecular weight is 311 g/mol. The van der Waals surface area contributed by atoms with Crippen molar-refractivity contribution >= 4 is 11.9 Å². The second-order valence-corrected chi connectivity index (χ2v) is 4.11. The van der Waals surface area contributed by atoms with Crippen molar-refractivity contribution in [3.8, 4) is 5.75 Å². The normalized spacial score (nSPS) is 10.9. The van der Waals surface area contributed by atoms with E-state index in [-0.39, 0.29) is 17.7 Å². The third kappa shape index (κ3) is 10.1. The monoisotopic (exact) mass is 311 g/mol. The molecule has 22 heavy (non-hydrogen) atoms. The van der Waals surface area contributed by atoms with E-state index in [0.717, 1.165) is 0 Å². The topological polar surface area (TPSA) is 38.3 Å². The Kier molecular flexibility index (Phi) is 14.7. The number of halogens is 1. The largest absolute Gasteiger partial charge is 0.489 e. The first kappa shape index (κ1) is 22.6. The van der Waals surface area contributed by atoms with Gasteiger partial charge in [-0.25, -0.2) is 4.39 Å². The fraction of sp³-hybridized carbons (Fsp3) is 0.500. The predicted octanol–water partition coefficient (Wildman–Crippen LogP) is 4.47. The lowest BCUT2D eigenvalue weighted by Crippen LogP contribution is -2.26. The molecule has 1 N–H and O–H groups in total. The van der Waals surface area contributed by atoms with Gasteiger partial charge < -0.3 is 10.1 Å². The molecule has 0 spiro atoms. The van der Waals surface area contributed by atoms with Gasteiger partial charge in [-0.3, -0.25) is 4.79 Å². The van der Waals surface area contributed by atoms with Crippen LogP contribution in [0.15, 0.2) is 24.3 Å². The summed E-state index contributed by atoms with van der Waals surface area (Å²) >= 11 is 0. The molecule has 0 amide bonds. The smallest absolute Gasteiger partial charge is 0.152 e. The minimum atomic E-state index is -0.374.